The number of ether oxygens (including phenoxy) is 2. The van der Waals surface area contributed by atoms with Crippen LogP contribution in [0.4, 0.5) is 39.5 Å². The summed E-state index contributed by atoms with van der Waals surface area (Å²) in [6, 6.07) is 4.58. The Kier molecular flexibility index (Phi) is 6.93. The Labute approximate surface area is 209 Å². The summed E-state index contributed by atoms with van der Waals surface area (Å²) in [7, 11) is 1.25. The van der Waals surface area contributed by atoms with Gasteiger partial charge in [0.15, 0.2) is 17.5 Å². The smallest absolute Gasteiger partial charge is 0.432 e. The number of hydrogen-bond donors (Lipinski definition) is 0. The summed E-state index contributed by atoms with van der Waals surface area (Å²) >= 11 is 0. The first kappa shape index (κ1) is 26.7. The Bertz CT molecular complexity index is 1630. The Morgan fingerprint density at radius 2 is 1.34 bits per heavy atom. The van der Waals surface area contributed by atoms with Gasteiger partial charge in [0.05, 0.1) is 12.5 Å². The maximum atomic E-state index is 14.8. The minimum Gasteiger partial charge on any atom is -0.495 e. The number of aryl methyl sites for hydroxylation is 1. The average molecular weight is 540 g/mol. The summed E-state index contributed by atoms with van der Waals surface area (Å²) in [5.41, 5.74) is -2.03. The molecule has 11 heteroatoms. The lowest BCUT2D eigenvalue weighted by molar-refractivity contribution is -0.189. The Hall–Kier alpha value is -4.33. The summed E-state index contributed by atoms with van der Waals surface area (Å²) < 4.78 is 137. The normalized spacial score (nSPS) is 11.3. The molecule has 0 heterocycles. The summed E-state index contributed by atoms with van der Waals surface area (Å²) in [4.78, 5) is 0. The number of hydrogen-bond acceptors (Lipinski definition) is 2. The Morgan fingerprint density at radius 3 is 1.97 bits per heavy atom. The molecule has 4 rings (SSSR count). The third-order valence-electron chi connectivity index (χ3n) is 5.33. The average Bonchev–Trinajstić information content (AvgIpc) is 2.80. The van der Waals surface area contributed by atoms with Crippen LogP contribution in [0.1, 0.15) is 22.3 Å². The molecule has 0 fully saturated rings. The molecule has 0 aliphatic heterocycles. The van der Waals surface area contributed by atoms with E-state index in [4.69, 9.17) is 4.74 Å². The molecule has 196 valence electrons. The molecule has 0 aliphatic carbocycles. The van der Waals surface area contributed by atoms with Gasteiger partial charge >= 0.3 is 6.11 Å². The minimum absolute atomic E-state index is 0.0395. The first-order chi connectivity index (χ1) is 17.8. The number of rotatable bonds is 4. The fourth-order valence-corrected chi connectivity index (χ4v) is 3.67. The van der Waals surface area contributed by atoms with E-state index < -0.39 is 74.5 Å². The summed E-state index contributed by atoms with van der Waals surface area (Å²) in [6.07, 6.45) is -4.75. The monoisotopic (exact) mass is 540 g/mol. The highest BCUT2D eigenvalue weighted by Gasteiger charge is 2.41. The molecular formula is C27H13F9O2. The summed E-state index contributed by atoms with van der Waals surface area (Å²) in [6.45, 7) is 1.59. The van der Waals surface area contributed by atoms with Crippen LogP contribution in [0.15, 0.2) is 42.5 Å². The molecule has 0 saturated carbocycles. The molecule has 0 radical (unpaired) electrons. The zero-order valence-electron chi connectivity index (χ0n) is 19.3. The maximum Gasteiger partial charge on any atom is 0.432 e. The van der Waals surface area contributed by atoms with Gasteiger partial charge in [-0.1, -0.05) is 11.8 Å². The molecule has 0 bridgehead atoms. The molecule has 0 N–H and O–H groups in total. The number of benzene rings is 4. The van der Waals surface area contributed by atoms with Crippen LogP contribution in [-0.2, 0) is 6.11 Å². The zero-order valence-corrected chi connectivity index (χ0v) is 19.3. The molecule has 0 unspecified atom stereocenters. The first-order valence-corrected chi connectivity index (χ1v) is 10.5. The molecule has 0 aromatic heterocycles. The fraction of sp³-hybridized carbons (Fsp3) is 0.111. The van der Waals surface area contributed by atoms with E-state index in [1.165, 1.54) is 13.2 Å². The van der Waals surface area contributed by atoms with Gasteiger partial charge in [-0.3, -0.25) is 0 Å². The zero-order chi connectivity index (χ0) is 27.9. The van der Waals surface area contributed by atoms with E-state index in [1.807, 2.05) is 0 Å². The van der Waals surface area contributed by atoms with E-state index in [-0.39, 0.29) is 17.4 Å². The van der Waals surface area contributed by atoms with Gasteiger partial charge < -0.3 is 9.47 Å². The predicted octanol–water partition coefficient (Wildman–Crippen LogP) is 7.66. The fourth-order valence-electron chi connectivity index (χ4n) is 3.67. The summed E-state index contributed by atoms with van der Waals surface area (Å²) in [5, 5.41) is -1.72. The van der Waals surface area contributed by atoms with Crippen molar-refractivity contribution in [1.82, 2.24) is 0 Å². The lowest BCUT2D eigenvalue weighted by atomic mass is 10.1. The van der Waals surface area contributed by atoms with Crippen LogP contribution in [0.2, 0.25) is 0 Å². The van der Waals surface area contributed by atoms with Crippen molar-refractivity contribution in [3.8, 4) is 23.3 Å². The second-order valence-corrected chi connectivity index (χ2v) is 8.00. The van der Waals surface area contributed by atoms with Crippen molar-refractivity contribution in [2.24, 2.45) is 0 Å². The number of fused-ring (bicyclic) bond motifs is 1. The standard InChI is InChI=1S/C27H13F9O2/c1-12-5-17(28)16(22(6-12)37-2)4-3-13-7-19(30)24(20(31)8-13)27(35,36)38-15-9-14-10-21(32)25(33)26(34)23(14)18(29)11-15/h5-11H,1-2H3. The van der Waals surface area contributed by atoms with Crippen molar-refractivity contribution in [3.63, 3.8) is 0 Å². The van der Waals surface area contributed by atoms with Crippen LogP contribution in [0.3, 0.4) is 0 Å². The minimum atomic E-state index is -4.75. The van der Waals surface area contributed by atoms with Crippen LogP contribution in [0.5, 0.6) is 11.5 Å². The van der Waals surface area contributed by atoms with Crippen molar-refractivity contribution in [1.29, 1.82) is 0 Å². The molecule has 4 aromatic carbocycles. The molecule has 0 saturated heterocycles. The Balaban J connectivity index is 1.70. The molecule has 4 aromatic rings. The molecule has 0 amide bonds. The van der Waals surface area contributed by atoms with Gasteiger partial charge in [0.25, 0.3) is 0 Å². The van der Waals surface area contributed by atoms with Crippen molar-refractivity contribution in [3.05, 3.63) is 105 Å². The number of methoxy groups -OCH3 is 1. The third kappa shape index (κ3) is 4.94. The molecule has 0 spiro atoms. The number of alkyl halides is 2. The van der Waals surface area contributed by atoms with Crippen LogP contribution < -0.4 is 9.47 Å². The summed E-state index contributed by atoms with van der Waals surface area (Å²) in [5.74, 6) is -8.02. The van der Waals surface area contributed by atoms with E-state index >= 15 is 0 Å². The lowest BCUT2D eigenvalue weighted by Crippen LogP contribution is -2.25. The quantitative estimate of drug-likeness (QED) is 0.150. The first-order valence-electron chi connectivity index (χ1n) is 10.5. The van der Waals surface area contributed by atoms with Gasteiger partial charge in [-0.15, -0.1) is 0 Å². The van der Waals surface area contributed by atoms with Gasteiger partial charge in [0.1, 0.15) is 45.9 Å². The highest BCUT2D eigenvalue weighted by atomic mass is 19.3. The van der Waals surface area contributed by atoms with E-state index in [2.05, 4.69) is 16.6 Å². The van der Waals surface area contributed by atoms with Gasteiger partial charge in [-0.05, 0) is 54.3 Å². The molecule has 0 atom stereocenters. The van der Waals surface area contributed by atoms with Gasteiger partial charge in [-0.2, -0.15) is 8.78 Å². The second-order valence-electron chi connectivity index (χ2n) is 8.00. The van der Waals surface area contributed by atoms with E-state index in [0.717, 1.165) is 6.07 Å². The van der Waals surface area contributed by atoms with Crippen molar-refractivity contribution in [2.75, 3.05) is 7.11 Å². The van der Waals surface area contributed by atoms with Crippen LogP contribution >= 0.6 is 0 Å². The molecule has 38 heavy (non-hydrogen) atoms. The van der Waals surface area contributed by atoms with E-state index in [1.54, 1.807) is 6.92 Å². The Morgan fingerprint density at radius 1 is 0.684 bits per heavy atom. The molecular weight excluding hydrogens is 527 g/mol. The van der Waals surface area contributed by atoms with Crippen molar-refractivity contribution >= 4 is 10.8 Å². The maximum absolute atomic E-state index is 14.8. The van der Waals surface area contributed by atoms with Crippen molar-refractivity contribution in [2.45, 2.75) is 13.0 Å². The van der Waals surface area contributed by atoms with Crippen LogP contribution in [-0.4, -0.2) is 7.11 Å². The van der Waals surface area contributed by atoms with E-state index in [0.29, 0.717) is 29.8 Å². The van der Waals surface area contributed by atoms with Gasteiger partial charge in [-0.25, -0.2) is 30.7 Å². The lowest BCUT2D eigenvalue weighted by Gasteiger charge is -2.20. The largest absolute Gasteiger partial charge is 0.495 e. The van der Waals surface area contributed by atoms with Crippen LogP contribution in [0, 0.1) is 59.5 Å². The van der Waals surface area contributed by atoms with E-state index in [9.17, 15) is 39.5 Å². The topological polar surface area (TPSA) is 18.5 Å². The molecule has 2 nitrogen and oxygen atoms in total. The number of halogens is 9. The van der Waals surface area contributed by atoms with Crippen LogP contribution in [0.25, 0.3) is 10.8 Å². The predicted molar refractivity (Wildman–Crippen MR) is 118 cm³/mol. The molecule has 0 aliphatic rings. The van der Waals surface area contributed by atoms with Crippen molar-refractivity contribution < 1.29 is 49.0 Å². The SMILES string of the molecule is COc1cc(C)cc(F)c1C#Cc1cc(F)c(C(F)(F)Oc2cc(F)c3c(F)c(F)c(F)cc3c2)c(F)c1. The highest BCUT2D eigenvalue weighted by molar-refractivity contribution is 5.85. The van der Waals surface area contributed by atoms with Gasteiger partial charge in [0, 0.05) is 11.6 Å². The third-order valence-corrected chi connectivity index (χ3v) is 5.33. The second kappa shape index (κ2) is 9.85. The highest BCUT2D eigenvalue weighted by Crippen LogP contribution is 2.38. The van der Waals surface area contributed by atoms with Gasteiger partial charge in [0.2, 0.25) is 0 Å².